The van der Waals surface area contributed by atoms with E-state index in [0.29, 0.717) is 0 Å². The van der Waals surface area contributed by atoms with Gasteiger partial charge in [0.15, 0.2) is 0 Å². The molecule has 1 aromatic rings. The Morgan fingerprint density at radius 1 is 1.44 bits per heavy atom. The van der Waals surface area contributed by atoms with Gasteiger partial charge in [-0.25, -0.2) is 0 Å². The van der Waals surface area contributed by atoms with E-state index in [0.717, 1.165) is 5.82 Å². The van der Waals surface area contributed by atoms with Crippen molar-refractivity contribution in [3.05, 3.63) is 17.8 Å². The Bertz CT molecular complexity index is 201. The van der Waals surface area contributed by atoms with E-state index in [2.05, 4.69) is 28.9 Å². The summed E-state index contributed by atoms with van der Waals surface area (Å²) < 4.78 is 2.11. The summed E-state index contributed by atoms with van der Waals surface area (Å²) in [6, 6.07) is 4.15. The minimum atomic E-state index is 1.16. The zero-order valence-corrected chi connectivity index (χ0v) is 6.10. The van der Waals surface area contributed by atoms with Gasteiger partial charge in [0.2, 0.25) is 0 Å². The number of nitrogens with zero attached hydrogens (tertiary/aromatic N) is 1. The van der Waals surface area contributed by atoms with Crippen LogP contribution in [0.15, 0.2) is 12.1 Å². The molecule has 50 valence electrons. The molecule has 1 aromatic heterocycles. The fraction of sp³-hybridized carbons (Fsp3) is 0.429. The molecule has 0 aliphatic heterocycles. The summed E-state index contributed by atoms with van der Waals surface area (Å²) in [6.07, 6.45) is 0. The highest BCUT2D eigenvalue weighted by atomic mass is 15.1. The number of hydrogen-bond acceptors (Lipinski definition) is 1. The zero-order valence-electron chi connectivity index (χ0n) is 6.10. The first-order chi connectivity index (χ1) is 4.25. The molecule has 0 atom stereocenters. The maximum absolute atomic E-state index is 3.08. The fourth-order valence-electron chi connectivity index (χ4n) is 0.864. The third-order valence-corrected chi connectivity index (χ3v) is 1.63. The summed E-state index contributed by atoms with van der Waals surface area (Å²) >= 11 is 0. The third-order valence-electron chi connectivity index (χ3n) is 1.63. The highest BCUT2D eigenvalue weighted by Gasteiger charge is 1.94. The summed E-state index contributed by atoms with van der Waals surface area (Å²) in [6.45, 7) is 2.08. The Morgan fingerprint density at radius 3 is 2.33 bits per heavy atom. The Balaban J connectivity index is 3.04. The fourth-order valence-corrected chi connectivity index (χ4v) is 0.864. The molecular formula is C7H12N2. The first kappa shape index (κ1) is 6.20. The molecule has 0 fully saturated rings. The lowest BCUT2D eigenvalue weighted by molar-refractivity contribution is 0.888. The first-order valence-electron chi connectivity index (χ1n) is 3.06. The number of aromatic nitrogens is 1. The molecule has 1 N–H and O–H groups in total. The van der Waals surface area contributed by atoms with Crippen molar-refractivity contribution in [2.45, 2.75) is 6.92 Å². The number of rotatable bonds is 1. The van der Waals surface area contributed by atoms with E-state index < -0.39 is 0 Å². The normalized spacial score (nSPS) is 9.67. The minimum Gasteiger partial charge on any atom is -0.375 e. The van der Waals surface area contributed by atoms with Crippen LogP contribution in [-0.4, -0.2) is 11.6 Å². The largest absolute Gasteiger partial charge is 0.375 e. The topological polar surface area (TPSA) is 17.0 Å². The molecule has 0 bridgehead atoms. The van der Waals surface area contributed by atoms with Crippen molar-refractivity contribution >= 4 is 5.82 Å². The molecular weight excluding hydrogens is 112 g/mol. The van der Waals surface area contributed by atoms with E-state index in [1.54, 1.807) is 0 Å². The molecule has 9 heavy (non-hydrogen) atoms. The average molecular weight is 124 g/mol. The van der Waals surface area contributed by atoms with Crippen LogP contribution < -0.4 is 5.32 Å². The molecule has 0 unspecified atom stereocenters. The van der Waals surface area contributed by atoms with Crippen LogP contribution >= 0.6 is 0 Å². The Morgan fingerprint density at radius 2 is 2.11 bits per heavy atom. The summed E-state index contributed by atoms with van der Waals surface area (Å²) in [7, 11) is 3.97. The van der Waals surface area contributed by atoms with E-state index in [1.807, 2.05) is 14.1 Å². The lowest BCUT2D eigenvalue weighted by Crippen LogP contribution is -1.97. The summed E-state index contributed by atoms with van der Waals surface area (Å²) in [5.74, 6) is 1.16. The van der Waals surface area contributed by atoms with Gasteiger partial charge >= 0.3 is 0 Å². The van der Waals surface area contributed by atoms with Crippen molar-refractivity contribution in [1.82, 2.24) is 4.57 Å². The molecule has 0 saturated carbocycles. The van der Waals surface area contributed by atoms with E-state index in [1.165, 1.54) is 5.69 Å². The number of anilines is 1. The van der Waals surface area contributed by atoms with Gasteiger partial charge in [0, 0.05) is 19.8 Å². The second kappa shape index (κ2) is 2.13. The smallest absolute Gasteiger partial charge is 0.105 e. The summed E-state index contributed by atoms with van der Waals surface area (Å²) in [5, 5.41) is 3.08. The Kier molecular flexibility index (Phi) is 1.47. The highest BCUT2D eigenvalue weighted by molar-refractivity contribution is 5.38. The second-order valence-corrected chi connectivity index (χ2v) is 2.17. The van der Waals surface area contributed by atoms with Gasteiger partial charge in [-0.05, 0) is 19.1 Å². The van der Waals surface area contributed by atoms with Crippen LogP contribution in [0, 0.1) is 6.92 Å². The maximum Gasteiger partial charge on any atom is 0.105 e. The van der Waals surface area contributed by atoms with Crippen molar-refractivity contribution < 1.29 is 0 Å². The number of nitrogens with one attached hydrogen (secondary N) is 1. The van der Waals surface area contributed by atoms with Gasteiger partial charge in [-0.15, -0.1) is 0 Å². The second-order valence-electron chi connectivity index (χ2n) is 2.17. The Labute approximate surface area is 55.5 Å². The monoisotopic (exact) mass is 124 g/mol. The third kappa shape index (κ3) is 0.922. The van der Waals surface area contributed by atoms with E-state index in [9.17, 15) is 0 Å². The van der Waals surface area contributed by atoms with Gasteiger partial charge in [-0.3, -0.25) is 0 Å². The van der Waals surface area contributed by atoms with Gasteiger partial charge in [-0.2, -0.15) is 0 Å². The molecule has 0 aliphatic carbocycles. The van der Waals surface area contributed by atoms with Crippen LogP contribution in [0.3, 0.4) is 0 Å². The summed E-state index contributed by atoms with van der Waals surface area (Å²) in [4.78, 5) is 0. The van der Waals surface area contributed by atoms with E-state index >= 15 is 0 Å². The molecule has 1 rings (SSSR count). The van der Waals surface area contributed by atoms with E-state index in [-0.39, 0.29) is 0 Å². The molecule has 1 heterocycles. The van der Waals surface area contributed by atoms with Gasteiger partial charge < -0.3 is 9.88 Å². The first-order valence-corrected chi connectivity index (χ1v) is 3.06. The van der Waals surface area contributed by atoms with Crippen LogP contribution in [0.4, 0.5) is 5.82 Å². The lowest BCUT2D eigenvalue weighted by Gasteiger charge is -2.01. The quantitative estimate of drug-likeness (QED) is 0.598. The lowest BCUT2D eigenvalue weighted by atomic mass is 10.5. The number of hydrogen-bond donors (Lipinski definition) is 1. The molecule has 0 amide bonds. The predicted molar refractivity (Wildman–Crippen MR) is 39.7 cm³/mol. The van der Waals surface area contributed by atoms with Crippen LogP contribution in [0.2, 0.25) is 0 Å². The molecule has 0 spiro atoms. The van der Waals surface area contributed by atoms with Crippen LogP contribution in [-0.2, 0) is 7.05 Å². The molecule has 0 saturated heterocycles. The Hall–Kier alpha value is -0.920. The van der Waals surface area contributed by atoms with Crippen LogP contribution in [0.25, 0.3) is 0 Å². The number of aryl methyl sites for hydroxylation is 1. The predicted octanol–water partition coefficient (Wildman–Crippen LogP) is 1.38. The molecule has 2 nitrogen and oxygen atoms in total. The van der Waals surface area contributed by atoms with Gasteiger partial charge in [0.05, 0.1) is 0 Å². The molecule has 0 aromatic carbocycles. The van der Waals surface area contributed by atoms with Gasteiger partial charge in [0.25, 0.3) is 0 Å². The maximum atomic E-state index is 3.08. The van der Waals surface area contributed by atoms with Gasteiger partial charge in [0.1, 0.15) is 5.82 Å². The van der Waals surface area contributed by atoms with Crippen molar-refractivity contribution in [2.24, 2.45) is 7.05 Å². The van der Waals surface area contributed by atoms with Crippen molar-refractivity contribution in [2.75, 3.05) is 12.4 Å². The standard InChI is InChI=1S/C7H12N2/c1-6-4-5-7(8-2)9(6)3/h4-5,8H,1-3H3. The van der Waals surface area contributed by atoms with Crippen molar-refractivity contribution in [3.8, 4) is 0 Å². The summed E-state index contributed by atoms with van der Waals surface area (Å²) in [5.41, 5.74) is 1.28. The molecule has 2 heteroatoms. The zero-order chi connectivity index (χ0) is 6.85. The van der Waals surface area contributed by atoms with Crippen LogP contribution in [0.5, 0.6) is 0 Å². The highest BCUT2D eigenvalue weighted by Crippen LogP contribution is 2.09. The SMILES string of the molecule is CNc1ccc(C)n1C. The van der Waals surface area contributed by atoms with Crippen molar-refractivity contribution in [1.29, 1.82) is 0 Å². The van der Waals surface area contributed by atoms with Crippen LogP contribution in [0.1, 0.15) is 5.69 Å². The van der Waals surface area contributed by atoms with Gasteiger partial charge in [-0.1, -0.05) is 0 Å². The van der Waals surface area contributed by atoms with Crippen molar-refractivity contribution in [3.63, 3.8) is 0 Å². The molecule has 0 aliphatic rings. The average Bonchev–Trinajstić information content (AvgIpc) is 2.15. The molecule has 0 radical (unpaired) electrons. The minimum absolute atomic E-state index is 1.16. The van der Waals surface area contributed by atoms with E-state index in [4.69, 9.17) is 0 Å².